The Labute approximate surface area is 221 Å². The van der Waals surface area contributed by atoms with Crippen molar-refractivity contribution in [3.8, 4) is 0 Å². The molecule has 0 aliphatic carbocycles. The van der Waals surface area contributed by atoms with Crippen LogP contribution in [-0.2, 0) is 0 Å². The van der Waals surface area contributed by atoms with Crippen molar-refractivity contribution in [2.24, 2.45) is 0 Å². The highest BCUT2D eigenvalue weighted by molar-refractivity contribution is 5.98. The molecule has 184 valence electrons. The Morgan fingerprint density at radius 1 is 0.316 bits per heavy atom. The fraction of sp³-hybridized carbons (Fsp3) is 0. The van der Waals surface area contributed by atoms with Crippen LogP contribution >= 0.6 is 0 Å². The van der Waals surface area contributed by atoms with Gasteiger partial charge in [0.15, 0.2) is 0 Å². The molecule has 4 N–H and O–H groups in total. The second-order valence-electron chi connectivity index (χ2n) is 8.80. The number of nitrogens with one attached hydrogen (secondary N) is 4. The van der Waals surface area contributed by atoms with Crippen molar-refractivity contribution in [1.29, 1.82) is 0 Å². The molecule has 6 rings (SSSR count). The SMILES string of the molecule is c1ccc(Nc2ccc(Nc3ccc(Nc4ccc(Nc5ccccc5)c5nccnc45)cc3)cc2)cc1. The largest absolute Gasteiger partial charge is 0.356 e. The van der Waals surface area contributed by atoms with Gasteiger partial charge in [0.1, 0.15) is 11.0 Å². The number of aromatic nitrogens is 2. The quantitative estimate of drug-likeness (QED) is 0.170. The molecule has 38 heavy (non-hydrogen) atoms. The molecule has 0 amide bonds. The molecule has 6 aromatic rings. The minimum Gasteiger partial charge on any atom is -0.356 e. The third kappa shape index (κ3) is 5.39. The van der Waals surface area contributed by atoms with E-state index in [0.717, 1.165) is 56.5 Å². The Morgan fingerprint density at radius 2 is 0.632 bits per heavy atom. The van der Waals surface area contributed by atoms with Gasteiger partial charge in [0.05, 0.1) is 11.4 Å². The van der Waals surface area contributed by atoms with Gasteiger partial charge in [0.25, 0.3) is 0 Å². The van der Waals surface area contributed by atoms with Crippen LogP contribution in [0.2, 0.25) is 0 Å². The minimum atomic E-state index is 0.805. The first-order chi connectivity index (χ1) is 18.8. The molecule has 0 aliphatic rings. The molecule has 0 atom stereocenters. The summed E-state index contributed by atoms with van der Waals surface area (Å²) in [6.07, 6.45) is 3.43. The fourth-order valence-electron chi connectivity index (χ4n) is 4.22. The Balaban J connectivity index is 1.14. The van der Waals surface area contributed by atoms with Crippen LogP contribution in [0.4, 0.5) is 45.5 Å². The number of hydrogen-bond acceptors (Lipinski definition) is 6. The number of hydrogen-bond donors (Lipinski definition) is 4. The normalized spacial score (nSPS) is 10.6. The van der Waals surface area contributed by atoms with Crippen molar-refractivity contribution in [2.75, 3.05) is 21.3 Å². The highest BCUT2D eigenvalue weighted by Gasteiger charge is 2.09. The highest BCUT2D eigenvalue weighted by Crippen LogP contribution is 2.31. The molecule has 0 aliphatic heterocycles. The molecule has 5 aromatic carbocycles. The average Bonchev–Trinajstić information content (AvgIpc) is 2.97. The first kappa shape index (κ1) is 23.1. The summed E-state index contributed by atoms with van der Waals surface area (Å²) >= 11 is 0. The zero-order valence-corrected chi connectivity index (χ0v) is 20.6. The number of rotatable bonds is 8. The molecule has 0 fully saturated rings. The van der Waals surface area contributed by atoms with E-state index in [1.165, 1.54) is 0 Å². The van der Waals surface area contributed by atoms with Crippen molar-refractivity contribution in [3.63, 3.8) is 0 Å². The summed E-state index contributed by atoms with van der Waals surface area (Å²) in [5, 5.41) is 13.8. The lowest BCUT2D eigenvalue weighted by molar-refractivity contribution is 1.29. The lowest BCUT2D eigenvalue weighted by atomic mass is 10.2. The van der Waals surface area contributed by atoms with Gasteiger partial charge in [0, 0.05) is 46.5 Å². The molecule has 0 bridgehead atoms. The molecule has 0 saturated carbocycles. The summed E-state index contributed by atoms with van der Waals surface area (Å²) in [5.41, 5.74) is 9.53. The van der Waals surface area contributed by atoms with Gasteiger partial charge >= 0.3 is 0 Å². The van der Waals surface area contributed by atoms with Gasteiger partial charge in [-0.05, 0) is 84.9 Å². The first-order valence-corrected chi connectivity index (χ1v) is 12.4. The van der Waals surface area contributed by atoms with Crippen LogP contribution < -0.4 is 21.3 Å². The van der Waals surface area contributed by atoms with E-state index in [1.807, 2.05) is 84.9 Å². The summed E-state index contributed by atoms with van der Waals surface area (Å²) in [6.45, 7) is 0. The number of fused-ring (bicyclic) bond motifs is 1. The summed E-state index contributed by atoms with van der Waals surface area (Å²) in [6, 6.07) is 40.7. The Hall–Kier alpha value is -5.36. The van der Waals surface area contributed by atoms with Gasteiger partial charge < -0.3 is 21.3 Å². The van der Waals surface area contributed by atoms with E-state index in [4.69, 9.17) is 0 Å². The van der Waals surface area contributed by atoms with Crippen molar-refractivity contribution in [1.82, 2.24) is 9.97 Å². The molecule has 1 heterocycles. The molecule has 0 radical (unpaired) electrons. The standard InChI is InChI=1S/C32H26N6/c1-3-7-23(8-4-1)35-25-11-13-26(14-12-25)36-27-15-17-28(18-16-27)38-30-20-19-29(31-32(30)34-22-21-33-31)37-24-9-5-2-6-10-24/h1-22,35-38H. The first-order valence-electron chi connectivity index (χ1n) is 12.4. The molecule has 6 nitrogen and oxygen atoms in total. The van der Waals surface area contributed by atoms with Gasteiger partial charge in [-0.1, -0.05) is 36.4 Å². The van der Waals surface area contributed by atoms with Gasteiger partial charge in [-0.25, -0.2) is 0 Å². The second-order valence-corrected chi connectivity index (χ2v) is 8.80. The van der Waals surface area contributed by atoms with Crippen LogP contribution in [-0.4, -0.2) is 9.97 Å². The summed E-state index contributed by atoms with van der Waals surface area (Å²) < 4.78 is 0. The van der Waals surface area contributed by atoms with Crippen LogP contribution in [0.3, 0.4) is 0 Å². The van der Waals surface area contributed by atoms with E-state index in [-0.39, 0.29) is 0 Å². The van der Waals surface area contributed by atoms with E-state index < -0.39 is 0 Å². The fourth-order valence-corrected chi connectivity index (χ4v) is 4.22. The Bertz CT molecular complexity index is 1630. The third-order valence-corrected chi connectivity index (χ3v) is 6.08. The highest BCUT2D eigenvalue weighted by atomic mass is 14.9. The zero-order chi connectivity index (χ0) is 25.6. The minimum absolute atomic E-state index is 0.805. The maximum absolute atomic E-state index is 4.60. The maximum atomic E-state index is 4.60. The van der Waals surface area contributed by atoms with Crippen LogP contribution in [0, 0.1) is 0 Å². The van der Waals surface area contributed by atoms with Gasteiger partial charge in [-0.3, -0.25) is 9.97 Å². The average molecular weight is 495 g/mol. The second kappa shape index (κ2) is 10.7. The molecular formula is C32H26N6. The van der Waals surface area contributed by atoms with Crippen molar-refractivity contribution >= 4 is 56.5 Å². The van der Waals surface area contributed by atoms with Crippen LogP contribution in [0.25, 0.3) is 11.0 Å². The summed E-state index contributed by atoms with van der Waals surface area (Å²) in [5.74, 6) is 0. The van der Waals surface area contributed by atoms with E-state index >= 15 is 0 Å². The van der Waals surface area contributed by atoms with Crippen LogP contribution in [0.15, 0.2) is 134 Å². The van der Waals surface area contributed by atoms with Crippen molar-refractivity contribution in [2.45, 2.75) is 0 Å². The van der Waals surface area contributed by atoms with Crippen LogP contribution in [0.1, 0.15) is 0 Å². The predicted octanol–water partition coefficient (Wildman–Crippen LogP) is 8.60. The summed E-state index contributed by atoms with van der Waals surface area (Å²) in [7, 11) is 0. The van der Waals surface area contributed by atoms with Gasteiger partial charge in [-0.2, -0.15) is 0 Å². The third-order valence-electron chi connectivity index (χ3n) is 6.08. The Kier molecular flexibility index (Phi) is 6.51. The number of benzene rings is 5. The lowest BCUT2D eigenvalue weighted by Gasteiger charge is -2.14. The molecule has 0 unspecified atom stereocenters. The lowest BCUT2D eigenvalue weighted by Crippen LogP contribution is -1.98. The zero-order valence-electron chi connectivity index (χ0n) is 20.6. The number of anilines is 8. The summed E-state index contributed by atoms with van der Waals surface area (Å²) in [4.78, 5) is 9.19. The van der Waals surface area contributed by atoms with Crippen molar-refractivity contribution in [3.05, 3.63) is 134 Å². The van der Waals surface area contributed by atoms with E-state index in [2.05, 4.69) is 67.6 Å². The topological polar surface area (TPSA) is 73.9 Å². The molecule has 0 saturated heterocycles. The number of nitrogens with zero attached hydrogens (tertiary/aromatic N) is 2. The molecular weight excluding hydrogens is 468 g/mol. The van der Waals surface area contributed by atoms with Crippen LogP contribution in [0.5, 0.6) is 0 Å². The molecule has 1 aromatic heterocycles. The van der Waals surface area contributed by atoms with Crippen molar-refractivity contribution < 1.29 is 0 Å². The monoisotopic (exact) mass is 494 g/mol. The number of para-hydroxylation sites is 2. The van der Waals surface area contributed by atoms with Gasteiger partial charge in [-0.15, -0.1) is 0 Å². The maximum Gasteiger partial charge on any atom is 0.114 e. The predicted molar refractivity (Wildman–Crippen MR) is 158 cm³/mol. The molecule has 0 spiro atoms. The van der Waals surface area contributed by atoms with E-state index in [1.54, 1.807) is 12.4 Å². The smallest absolute Gasteiger partial charge is 0.114 e. The van der Waals surface area contributed by atoms with E-state index in [9.17, 15) is 0 Å². The Morgan fingerprint density at radius 3 is 1.03 bits per heavy atom. The van der Waals surface area contributed by atoms with Gasteiger partial charge in [0.2, 0.25) is 0 Å². The van der Waals surface area contributed by atoms with E-state index in [0.29, 0.717) is 0 Å². The molecule has 6 heteroatoms.